The molecule has 0 radical (unpaired) electrons. The Morgan fingerprint density at radius 2 is 1.71 bits per heavy atom. The first kappa shape index (κ1) is 22.0. The van der Waals surface area contributed by atoms with Gasteiger partial charge in [0.25, 0.3) is 11.8 Å². The Morgan fingerprint density at radius 3 is 2.35 bits per heavy atom. The Labute approximate surface area is 186 Å². The molecule has 3 aromatic rings. The zero-order chi connectivity index (χ0) is 22.2. The van der Waals surface area contributed by atoms with Crippen molar-refractivity contribution < 1.29 is 23.9 Å². The molecule has 0 aliphatic heterocycles. The van der Waals surface area contributed by atoms with E-state index < -0.39 is 23.8 Å². The maximum absolute atomic E-state index is 12.9. The van der Waals surface area contributed by atoms with Crippen LogP contribution in [0.2, 0.25) is 0 Å². The molecule has 3 rings (SSSR count). The first-order valence-electron chi connectivity index (χ1n) is 9.32. The normalized spacial score (nSPS) is 12.1. The van der Waals surface area contributed by atoms with Crippen LogP contribution >= 0.6 is 15.9 Å². The fourth-order valence-electron chi connectivity index (χ4n) is 2.79. The quantitative estimate of drug-likeness (QED) is 0.424. The molecule has 0 saturated heterocycles. The number of aliphatic carboxylic acids is 1. The van der Waals surface area contributed by atoms with Gasteiger partial charge in [-0.2, -0.15) is 0 Å². The number of hydrogen-bond donors (Lipinski definition) is 3. The number of carboxylic acid groups (broad SMARTS) is 1. The van der Waals surface area contributed by atoms with Crippen LogP contribution in [0, 0.1) is 0 Å². The van der Waals surface area contributed by atoms with E-state index in [1.54, 1.807) is 60.7 Å². The first-order valence-corrected chi connectivity index (χ1v) is 10.1. The molecule has 3 N–H and O–H groups in total. The molecule has 0 spiro atoms. The number of benzene rings is 2. The highest BCUT2D eigenvalue weighted by Gasteiger charge is 2.24. The smallest absolute Gasteiger partial charge is 0.326 e. The van der Waals surface area contributed by atoms with Crippen LogP contribution in [0.15, 0.2) is 87.6 Å². The summed E-state index contributed by atoms with van der Waals surface area (Å²) in [5.74, 6) is -2.14. The van der Waals surface area contributed by atoms with Crippen LogP contribution in [-0.4, -0.2) is 28.9 Å². The number of carbonyl (C=O) groups excluding carboxylic acids is 2. The fourth-order valence-corrected chi connectivity index (χ4v) is 3.26. The van der Waals surface area contributed by atoms with Crippen LogP contribution in [-0.2, 0) is 16.0 Å². The lowest BCUT2D eigenvalue weighted by molar-refractivity contribution is -0.141. The standard InChI is InChI=1S/C23H19BrN2O5/c24-18-11-5-4-10-17(18)21(27)25-19(14-16-9-6-12-31-16)22(28)26-20(23(29)30)13-15-7-2-1-3-8-15/h1-12,14,20H,13H2,(H,25,27)(H,26,28)(H,29,30)/b19-14+. The lowest BCUT2D eigenvalue weighted by Gasteiger charge is -2.17. The lowest BCUT2D eigenvalue weighted by atomic mass is 10.1. The van der Waals surface area contributed by atoms with Crippen LogP contribution in [0.1, 0.15) is 21.7 Å². The molecule has 1 atom stereocenters. The van der Waals surface area contributed by atoms with E-state index in [4.69, 9.17) is 4.42 Å². The van der Waals surface area contributed by atoms with Crippen LogP contribution < -0.4 is 10.6 Å². The van der Waals surface area contributed by atoms with Crippen molar-refractivity contribution in [2.75, 3.05) is 0 Å². The third kappa shape index (κ3) is 6.16. The number of carboxylic acids is 1. The van der Waals surface area contributed by atoms with Gasteiger partial charge < -0.3 is 20.2 Å². The van der Waals surface area contributed by atoms with Gasteiger partial charge in [-0.25, -0.2) is 4.79 Å². The predicted octanol–water partition coefficient (Wildman–Crippen LogP) is 3.63. The third-order valence-electron chi connectivity index (χ3n) is 4.33. The van der Waals surface area contributed by atoms with E-state index >= 15 is 0 Å². The van der Waals surface area contributed by atoms with Gasteiger partial charge in [-0.1, -0.05) is 42.5 Å². The van der Waals surface area contributed by atoms with Crippen molar-refractivity contribution >= 4 is 39.8 Å². The number of carbonyl (C=O) groups is 3. The molecule has 2 aromatic carbocycles. The molecule has 1 aromatic heterocycles. The summed E-state index contributed by atoms with van der Waals surface area (Å²) in [4.78, 5) is 37.3. The van der Waals surface area contributed by atoms with E-state index in [1.165, 1.54) is 12.3 Å². The Kier molecular flexibility index (Phi) is 7.40. The van der Waals surface area contributed by atoms with E-state index in [0.29, 0.717) is 15.8 Å². The molecule has 0 aliphatic rings. The van der Waals surface area contributed by atoms with Crippen molar-refractivity contribution in [3.8, 4) is 0 Å². The lowest BCUT2D eigenvalue weighted by Crippen LogP contribution is -2.45. The molecule has 0 fully saturated rings. The summed E-state index contributed by atoms with van der Waals surface area (Å²) < 4.78 is 5.79. The van der Waals surface area contributed by atoms with Crippen molar-refractivity contribution in [3.05, 3.63) is 100 Å². The van der Waals surface area contributed by atoms with Gasteiger partial charge >= 0.3 is 5.97 Å². The second-order valence-electron chi connectivity index (χ2n) is 6.56. The van der Waals surface area contributed by atoms with Gasteiger partial charge in [0.1, 0.15) is 17.5 Å². The molecule has 1 unspecified atom stereocenters. The van der Waals surface area contributed by atoms with Crippen molar-refractivity contribution in [2.45, 2.75) is 12.5 Å². The summed E-state index contributed by atoms with van der Waals surface area (Å²) in [6.45, 7) is 0. The van der Waals surface area contributed by atoms with Crippen LogP contribution in [0.3, 0.4) is 0 Å². The summed E-state index contributed by atoms with van der Waals surface area (Å²) in [6.07, 6.45) is 2.85. The number of nitrogens with one attached hydrogen (secondary N) is 2. The molecule has 0 aliphatic carbocycles. The molecule has 2 amide bonds. The minimum absolute atomic E-state index is 0.0914. The summed E-state index contributed by atoms with van der Waals surface area (Å²) in [7, 11) is 0. The van der Waals surface area contributed by atoms with E-state index in [0.717, 1.165) is 5.56 Å². The summed E-state index contributed by atoms with van der Waals surface area (Å²) in [5.41, 5.74) is 0.929. The van der Waals surface area contributed by atoms with E-state index in [2.05, 4.69) is 26.6 Å². The van der Waals surface area contributed by atoms with Gasteiger partial charge in [0.05, 0.1) is 11.8 Å². The number of furan rings is 1. The average molecular weight is 483 g/mol. The molecule has 158 valence electrons. The molecular formula is C23H19BrN2O5. The SMILES string of the molecule is O=C(NC(Cc1ccccc1)C(=O)O)/C(=C\c1ccco1)NC(=O)c1ccccc1Br. The van der Waals surface area contributed by atoms with E-state index in [-0.39, 0.29) is 12.1 Å². The maximum atomic E-state index is 12.9. The van der Waals surface area contributed by atoms with Gasteiger partial charge in [0.2, 0.25) is 0 Å². The fraction of sp³-hybridized carbons (Fsp3) is 0.0870. The Bertz CT molecular complexity index is 1090. The molecule has 8 heteroatoms. The van der Waals surface area contributed by atoms with Crippen LogP contribution in [0.5, 0.6) is 0 Å². The molecule has 7 nitrogen and oxygen atoms in total. The largest absolute Gasteiger partial charge is 0.480 e. The Hall–Kier alpha value is -3.65. The topological polar surface area (TPSA) is 109 Å². The van der Waals surface area contributed by atoms with Crippen molar-refractivity contribution in [3.63, 3.8) is 0 Å². The zero-order valence-corrected chi connectivity index (χ0v) is 17.8. The van der Waals surface area contributed by atoms with Crippen LogP contribution in [0.25, 0.3) is 6.08 Å². The highest BCUT2D eigenvalue weighted by molar-refractivity contribution is 9.10. The minimum Gasteiger partial charge on any atom is -0.480 e. The molecule has 1 heterocycles. The number of hydrogen-bond acceptors (Lipinski definition) is 4. The average Bonchev–Trinajstić information content (AvgIpc) is 3.27. The predicted molar refractivity (Wildman–Crippen MR) is 118 cm³/mol. The van der Waals surface area contributed by atoms with Crippen molar-refractivity contribution in [1.29, 1.82) is 0 Å². The van der Waals surface area contributed by atoms with E-state index in [9.17, 15) is 19.5 Å². The zero-order valence-electron chi connectivity index (χ0n) is 16.2. The maximum Gasteiger partial charge on any atom is 0.326 e. The monoisotopic (exact) mass is 482 g/mol. The summed E-state index contributed by atoms with van der Waals surface area (Å²) in [5, 5.41) is 14.6. The highest BCUT2D eigenvalue weighted by Crippen LogP contribution is 2.16. The summed E-state index contributed by atoms with van der Waals surface area (Å²) >= 11 is 3.30. The summed E-state index contributed by atoms with van der Waals surface area (Å²) in [6, 6.07) is 17.7. The molecule has 31 heavy (non-hydrogen) atoms. The number of rotatable bonds is 8. The number of amides is 2. The second-order valence-corrected chi connectivity index (χ2v) is 7.42. The van der Waals surface area contributed by atoms with E-state index in [1.807, 2.05) is 6.07 Å². The van der Waals surface area contributed by atoms with Gasteiger partial charge in [0.15, 0.2) is 0 Å². The van der Waals surface area contributed by atoms with Gasteiger partial charge in [-0.3, -0.25) is 9.59 Å². The van der Waals surface area contributed by atoms with Crippen molar-refractivity contribution in [1.82, 2.24) is 10.6 Å². The number of halogens is 1. The molecule has 0 bridgehead atoms. The second kappa shape index (κ2) is 10.4. The minimum atomic E-state index is -1.19. The highest BCUT2D eigenvalue weighted by atomic mass is 79.9. The van der Waals surface area contributed by atoms with Gasteiger partial charge in [0, 0.05) is 17.0 Å². The molecular weight excluding hydrogens is 464 g/mol. The molecule has 0 saturated carbocycles. The third-order valence-corrected chi connectivity index (χ3v) is 5.02. The van der Waals surface area contributed by atoms with Gasteiger partial charge in [-0.05, 0) is 45.8 Å². The Morgan fingerprint density at radius 1 is 1.00 bits per heavy atom. The first-order chi connectivity index (χ1) is 14.9. The van der Waals surface area contributed by atoms with Crippen LogP contribution in [0.4, 0.5) is 0 Å². The van der Waals surface area contributed by atoms with Gasteiger partial charge in [-0.15, -0.1) is 0 Å². The Balaban J connectivity index is 1.82. The van der Waals surface area contributed by atoms with Crippen molar-refractivity contribution in [2.24, 2.45) is 0 Å².